The summed E-state index contributed by atoms with van der Waals surface area (Å²) in [5.41, 5.74) is 5.47. The lowest BCUT2D eigenvalue weighted by Gasteiger charge is -2.06. The van der Waals surface area contributed by atoms with Crippen molar-refractivity contribution in [3.8, 4) is 0 Å². The van der Waals surface area contributed by atoms with E-state index in [-0.39, 0.29) is 16.9 Å². The Bertz CT molecular complexity index is 806. The molecule has 6 nitrogen and oxygen atoms in total. The van der Waals surface area contributed by atoms with Crippen LogP contribution in [-0.2, 0) is 15.6 Å². The van der Waals surface area contributed by atoms with Crippen LogP contribution < -0.4 is 5.73 Å². The third-order valence-corrected chi connectivity index (χ3v) is 4.48. The van der Waals surface area contributed by atoms with Gasteiger partial charge in [0.05, 0.1) is 10.7 Å². The zero-order chi connectivity index (χ0) is 15.6. The number of benzene rings is 2. The van der Waals surface area contributed by atoms with E-state index in [1.165, 1.54) is 24.3 Å². The van der Waals surface area contributed by atoms with Crippen molar-refractivity contribution in [2.24, 2.45) is 0 Å². The molecule has 0 amide bonds. The fraction of sp³-hybridized carbons (Fsp3) is 0.0769. The summed E-state index contributed by atoms with van der Waals surface area (Å²) < 4.78 is 38.0. The smallest absolute Gasteiger partial charge is 0.269 e. The van der Waals surface area contributed by atoms with Crippen LogP contribution in [0.15, 0.2) is 47.4 Å². The van der Waals surface area contributed by atoms with Crippen molar-refractivity contribution in [1.29, 1.82) is 0 Å². The first-order chi connectivity index (χ1) is 9.79. The molecule has 0 fully saturated rings. The van der Waals surface area contributed by atoms with Crippen molar-refractivity contribution in [3.63, 3.8) is 0 Å². The summed E-state index contributed by atoms with van der Waals surface area (Å²) in [6.45, 7) is 0. The second kappa shape index (κ2) is 5.49. The first kappa shape index (κ1) is 14.9. The maximum atomic E-state index is 13.7. The molecule has 0 saturated carbocycles. The molecule has 0 aliphatic rings. The Morgan fingerprint density at radius 2 is 1.90 bits per heavy atom. The van der Waals surface area contributed by atoms with E-state index in [2.05, 4.69) is 0 Å². The van der Waals surface area contributed by atoms with E-state index in [9.17, 15) is 22.9 Å². The molecule has 0 unspecified atom stereocenters. The van der Waals surface area contributed by atoms with Gasteiger partial charge >= 0.3 is 0 Å². The predicted octanol–water partition coefficient (Wildman–Crippen LogP) is 2.29. The molecule has 8 heteroatoms. The van der Waals surface area contributed by atoms with Gasteiger partial charge < -0.3 is 5.73 Å². The molecule has 0 bridgehead atoms. The Balaban J connectivity index is 2.37. The fourth-order valence-electron chi connectivity index (χ4n) is 1.83. The lowest BCUT2D eigenvalue weighted by Crippen LogP contribution is -2.08. The third kappa shape index (κ3) is 3.34. The average Bonchev–Trinajstić information content (AvgIpc) is 2.37. The number of anilines is 1. The van der Waals surface area contributed by atoms with Crippen molar-refractivity contribution < 1.29 is 17.7 Å². The molecule has 0 atom stereocenters. The summed E-state index contributed by atoms with van der Waals surface area (Å²) in [6.07, 6.45) is 0. The number of hydrogen-bond donors (Lipinski definition) is 1. The van der Waals surface area contributed by atoms with Gasteiger partial charge in [-0.3, -0.25) is 10.1 Å². The number of non-ortho nitro benzene ring substituents is 1. The van der Waals surface area contributed by atoms with Crippen molar-refractivity contribution in [3.05, 3.63) is 64.0 Å². The molecule has 0 spiro atoms. The zero-order valence-electron chi connectivity index (χ0n) is 10.7. The predicted molar refractivity (Wildman–Crippen MR) is 74.8 cm³/mol. The number of rotatable bonds is 4. The molecular formula is C13H11FN2O4S. The number of nitro benzene ring substituents is 1. The maximum Gasteiger partial charge on any atom is 0.269 e. The highest BCUT2D eigenvalue weighted by Gasteiger charge is 2.21. The number of sulfone groups is 1. The van der Waals surface area contributed by atoms with Crippen LogP contribution in [0.4, 0.5) is 15.8 Å². The lowest BCUT2D eigenvalue weighted by molar-refractivity contribution is -0.384. The number of nitrogens with zero attached hydrogens (tertiary/aromatic N) is 1. The van der Waals surface area contributed by atoms with E-state index in [4.69, 9.17) is 5.73 Å². The van der Waals surface area contributed by atoms with Gasteiger partial charge in [-0.2, -0.15) is 0 Å². The Kier molecular flexibility index (Phi) is 3.90. The van der Waals surface area contributed by atoms with Crippen molar-refractivity contribution >= 4 is 21.2 Å². The molecule has 0 radical (unpaired) electrons. The molecule has 21 heavy (non-hydrogen) atoms. The van der Waals surface area contributed by atoms with Crippen LogP contribution in [0, 0.1) is 15.9 Å². The van der Waals surface area contributed by atoms with Gasteiger partial charge in [0.1, 0.15) is 10.7 Å². The van der Waals surface area contributed by atoms with E-state index < -0.39 is 31.2 Å². The minimum Gasteiger partial charge on any atom is -0.399 e. The largest absolute Gasteiger partial charge is 0.399 e. The maximum absolute atomic E-state index is 13.7. The lowest BCUT2D eigenvalue weighted by atomic mass is 10.2. The molecule has 0 aliphatic heterocycles. The fourth-order valence-corrected chi connectivity index (χ4v) is 3.23. The van der Waals surface area contributed by atoms with Crippen LogP contribution in [0.25, 0.3) is 0 Å². The van der Waals surface area contributed by atoms with Gasteiger partial charge in [0.15, 0.2) is 9.84 Å². The van der Waals surface area contributed by atoms with E-state index in [1.54, 1.807) is 0 Å². The Morgan fingerprint density at radius 1 is 1.19 bits per heavy atom. The second-order valence-corrected chi connectivity index (χ2v) is 6.33. The van der Waals surface area contributed by atoms with Gasteiger partial charge in [-0.1, -0.05) is 12.1 Å². The highest BCUT2D eigenvalue weighted by atomic mass is 32.2. The van der Waals surface area contributed by atoms with Gasteiger partial charge in [0.2, 0.25) is 0 Å². The Hall–Kier alpha value is -2.48. The third-order valence-electron chi connectivity index (χ3n) is 2.77. The van der Waals surface area contributed by atoms with Gasteiger partial charge in [-0.05, 0) is 23.8 Å². The van der Waals surface area contributed by atoms with E-state index >= 15 is 0 Å². The normalized spacial score (nSPS) is 11.3. The van der Waals surface area contributed by atoms with Crippen molar-refractivity contribution in [2.45, 2.75) is 10.6 Å². The summed E-state index contributed by atoms with van der Waals surface area (Å²) in [5.74, 6) is -1.48. The zero-order valence-corrected chi connectivity index (χ0v) is 11.5. The molecule has 0 aromatic heterocycles. The highest BCUT2D eigenvalue weighted by molar-refractivity contribution is 7.90. The van der Waals surface area contributed by atoms with Crippen molar-refractivity contribution in [1.82, 2.24) is 0 Å². The molecule has 0 heterocycles. The van der Waals surface area contributed by atoms with Crippen LogP contribution in [0.5, 0.6) is 0 Å². The molecule has 110 valence electrons. The minimum absolute atomic E-state index is 0.113. The number of halogens is 1. The summed E-state index contributed by atoms with van der Waals surface area (Å²) in [5, 5.41) is 10.7. The highest BCUT2D eigenvalue weighted by Crippen LogP contribution is 2.23. The standard InChI is InChI=1S/C13H11FN2O4S/c14-12-7-10(15)4-5-13(12)21(19,20)8-9-2-1-3-11(6-9)16(17)18/h1-7H,8,15H2. The topological polar surface area (TPSA) is 103 Å². The number of hydrogen-bond acceptors (Lipinski definition) is 5. The number of nitro groups is 1. The van der Waals surface area contributed by atoms with Crippen LogP contribution in [0.3, 0.4) is 0 Å². The molecule has 2 aromatic carbocycles. The minimum atomic E-state index is -3.96. The van der Waals surface area contributed by atoms with Gasteiger partial charge in [-0.25, -0.2) is 12.8 Å². The second-order valence-electron chi connectivity index (χ2n) is 4.38. The molecule has 2 aromatic rings. The van der Waals surface area contributed by atoms with E-state index in [0.717, 1.165) is 18.2 Å². The van der Waals surface area contributed by atoms with E-state index in [1.807, 2.05) is 0 Å². The first-order valence-electron chi connectivity index (χ1n) is 5.81. The summed E-state index contributed by atoms with van der Waals surface area (Å²) in [4.78, 5) is 9.55. The quantitative estimate of drug-likeness (QED) is 0.530. The van der Waals surface area contributed by atoms with E-state index in [0.29, 0.717) is 0 Å². The summed E-state index contributed by atoms with van der Waals surface area (Å²) in [6, 6.07) is 8.48. The SMILES string of the molecule is Nc1ccc(S(=O)(=O)Cc2cccc([N+](=O)[O-])c2)c(F)c1. The van der Waals surface area contributed by atoms with Gasteiger partial charge in [0.25, 0.3) is 5.69 Å². The van der Waals surface area contributed by atoms with Crippen LogP contribution in [0.2, 0.25) is 0 Å². The van der Waals surface area contributed by atoms with Crippen LogP contribution in [0.1, 0.15) is 5.56 Å². The molecule has 0 aliphatic carbocycles. The Labute approximate surface area is 120 Å². The Morgan fingerprint density at radius 3 is 2.52 bits per heavy atom. The number of nitrogens with two attached hydrogens (primary N) is 1. The van der Waals surface area contributed by atoms with Crippen LogP contribution >= 0.6 is 0 Å². The van der Waals surface area contributed by atoms with Crippen molar-refractivity contribution in [2.75, 3.05) is 5.73 Å². The molecular weight excluding hydrogens is 299 g/mol. The monoisotopic (exact) mass is 310 g/mol. The van der Waals surface area contributed by atoms with Crippen LogP contribution in [-0.4, -0.2) is 13.3 Å². The number of nitrogen functional groups attached to an aromatic ring is 1. The molecule has 0 saturated heterocycles. The first-order valence-corrected chi connectivity index (χ1v) is 7.46. The van der Waals surface area contributed by atoms with Gasteiger partial charge in [-0.15, -0.1) is 0 Å². The average molecular weight is 310 g/mol. The summed E-state index contributed by atoms with van der Waals surface area (Å²) >= 11 is 0. The summed E-state index contributed by atoms with van der Waals surface area (Å²) in [7, 11) is -3.96. The van der Waals surface area contributed by atoms with Gasteiger partial charge in [0, 0.05) is 17.8 Å². The molecule has 2 N–H and O–H groups in total. The molecule has 2 rings (SSSR count).